The van der Waals surface area contributed by atoms with Gasteiger partial charge in [0, 0.05) is 19.3 Å². The van der Waals surface area contributed by atoms with Crippen molar-refractivity contribution in [3.8, 4) is 0 Å². The average molecular weight is 235 g/mol. The summed E-state index contributed by atoms with van der Waals surface area (Å²) in [6, 6.07) is 0. The van der Waals surface area contributed by atoms with E-state index in [4.69, 9.17) is 0 Å². The van der Waals surface area contributed by atoms with Gasteiger partial charge >= 0.3 is 0 Å². The fourth-order valence-corrected chi connectivity index (χ4v) is 1.77. The van der Waals surface area contributed by atoms with Crippen LogP contribution in [0.3, 0.4) is 0 Å². The van der Waals surface area contributed by atoms with Crippen molar-refractivity contribution in [3.63, 3.8) is 0 Å². The van der Waals surface area contributed by atoms with Gasteiger partial charge in [-0.15, -0.1) is 0 Å². The summed E-state index contributed by atoms with van der Waals surface area (Å²) >= 11 is 0. The van der Waals surface area contributed by atoms with Crippen LogP contribution in [0.15, 0.2) is 36.6 Å². The van der Waals surface area contributed by atoms with Gasteiger partial charge in [0.2, 0.25) is 0 Å². The minimum atomic E-state index is 0.622. The van der Waals surface area contributed by atoms with E-state index < -0.39 is 0 Å². The molecule has 98 valence electrons. The Hall–Kier alpha value is -0.980. The third-order valence-corrected chi connectivity index (χ3v) is 3.87. The van der Waals surface area contributed by atoms with E-state index in [1.54, 1.807) is 0 Å². The van der Waals surface area contributed by atoms with E-state index in [0.717, 1.165) is 18.9 Å². The predicted octanol–water partition coefficient (Wildman–Crippen LogP) is 4.64. The molecule has 0 aliphatic heterocycles. The fraction of sp³-hybridized carbons (Fsp3) is 0.625. The molecule has 0 amide bonds. The lowest BCUT2D eigenvalue weighted by Gasteiger charge is -2.24. The molecule has 0 saturated heterocycles. The van der Waals surface area contributed by atoms with Gasteiger partial charge in [-0.25, -0.2) is 0 Å². The maximum Gasteiger partial charge on any atom is 0.0208 e. The van der Waals surface area contributed by atoms with Crippen LogP contribution in [0.25, 0.3) is 0 Å². The third-order valence-electron chi connectivity index (χ3n) is 3.87. The molecule has 2 unspecified atom stereocenters. The molecule has 1 nitrogen and oxygen atoms in total. The monoisotopic (exact) mass is 235 g/mol. The Labute approximate surface area is 108 Å². The highest BCUT2D eigenvalue weighted by molar-refractivity contribution is 5.08. The smallest absolute Gasteiger partial charge is 0.0208 e. The molecule has 0 bridgehead atoms. The normalized spacial score (nSPS) is 15.2. The van der Waals surface area contributed by atoms with Crippen LogP contribution in [0.4, 0.5) is 0 Å². The highest BCUT2D eigenvalue weighted by Crippen LogP contribution is 2.24. The standard InChI is InChI=1S/C16H29N/c1-8-10-15(5)17(7)12-11-14(4)16(6)13(3)9-2/h8,10,13,16H,1,4,9,11-12H2,2-3,5-7H3/b15-10+. The summed E-state index contributed by atoms with van der Waals surface area (Å²) in [6.45, 7) is 18.0. The third kappa shape index (κ3) is 5.76. The van der Waals surface area contributed by atoms with Gasteiger partial charge in [-0.2, -0.15) is 0 Å². The first kappa shape index (κ1) is 16.0. The zero-order valence-electron chi connectivity index (χ0n) is 12.3. The fourth-order valence-electron chi connectivity index (χ4n) is 1.77. The van der Waals surface area contributed by atoms with E-state index in [0.29, 0.717) is 5.92 Å². The minimum Gasteiger partial charge on any atom is -0.378 e. The molecule has 0 saturated carbocycles. The van der Waals surface area contributed by atoms with Gasteiger partial charge in [0.1, 0.15) is 0 Å². The van der Waals surface area contributed by atoms with Gasteiger partial charge in [0.25, 0.3) is 0 Å². The Morgan fingerprint density at radius 1 is 1.35 bits per heavy atom. The van der Waals surface area contributed by atoms with Crippen molar-refractivity contribution in [1.29, 1.82) is 0 Å². The predicted molar refractivity (Wildman–Crippen MR) is 79.0 cm³/mol. The lowest BCUT2D eigenvalue weighted by molar-refractivity contribution is 0.383. The Morgan fingerprint density at radius 3 is 2.41 bits per heavy atom. The molecule has 0 aromatic rings. The molecule has 0 N–H and O–H groups in total. The van der Waals surface area contributed by atoms with E-state index in [2.05, 4.69) is 52.8 Å². The maximum atomic E-state index is 4.23. The summed E-state index contributed by atoms with van der Waals surface area (Å²) in [7, 11) is 2.12. The molecular weight excluding hydrogens is 206 g/mol. The molecule has 0 heterocycles. The number of hydrogen-bond donors (Lipinski definition) is 0. The van der Waals surface area contributed by atoms with Gasteiger partial charge in [0.15, 0.2) is 0 Å². The largest absolute Gasteiger partial charge is 0.378 e. The van der Waals surface area contributed by atoms with Crippen molar-refractivity contribution in [3.05, 3.63) is 36.6 Å². The topological polar surface area (TPSA) is 3.24 Å². The van der Waals surface area contributed by atoms with Gasteiger partial charge < -0.3 is 4.90 Å². The molecule has 0 rings (SSSR count). The first-order valence-electron chi connectivity index (χ1n) is 6.62. The summed E-state index contributed by atoms with van der Waals surface area (Å²) in [5.41, 5.74) is 2.63. The molecule has 0 spiro atoms. The quantitative estimate of drug-likeness (QED) is 0.438. The summed E-state index contributed by atoms with van der Waals surface area (Å²) in [4.78, 5) is 2.26. The summed E-state index contributed by atoms with van der Waals surface area (Å²) < 4.78 is 0. The van der Waals surface area contributed by atoms with Gasteiger partial charge in [-0.1, -0.05) is 52.0 Å². The minimum absolute atomic E-state index is 0.622. The van der Waals surface area contributed by atoms with Gasteiger partial charge in [-0.3, -0.25) is 0 Å². The van der Waals surface area contributed by atoms with E-state index in [1.165, 1.54) is 17.7 Å². The molecule has 17 heavy (non-hydrogen) atoms. The molecule has 0 aromatic heterocycles. The van der Waals surface area contributed by atoms with Crippen molar-refractivity contribution in [2.45, 2.75) is 40.5 Å². The van der Waals surface area contributed by atoms with Crippen LogP contribution in [0.1, 0.15) is 40.5 Å². The van der Waals surface area contributed by atoms with E-state index in [1.807, 2.05) is 12.2 Å². The zero-order valence-corrected chi connectivity index (χ0v) is 12.3. The molecule has 0 fully saturated rings. The van der Waals surface area contributed by atoms with Crippen LogP contribution < -0.4 is 0 Å². The van der Waals surface area contributed by atoms with Crippen molar-refractivity contribution in [2.75, 3.05) is 13.6 Å². The highest BCUT2D eigenvalue weighted by Gasteiger charge is 2.13. The van der Waals surface area contributed by atoms with Crippen LogP contribution in [0.2, 0.25) is 0 Å². The molecule has 0 radical (unpaired) electrons. The van der Waals surface area contributed by atoms with E-state index in [-0.39, 0.29) is 0 Å². The second kappa shape index (κ2) is 8.16. The van der Waals surface area contributed by atoms with Crippen LogP contribution in [-0.2, 0) is 0 Å². The molecule has 2 atom stereocenters. The highest BCUT2D eigenvalue weighted by atomic mass is 15.1. The zero-order chi connectivity index (χ0) is 13.4. The van der Waals surface area contributed by atoms with E-state index >= 15 is 0 Å². The van der Waals surface area contributed by atoms with Crippen LogP contribution >= 0.6 is 0 Å². The maximum absolute atomic E-state index is 4.23. The van der Waals surface area contributed by atoms with Crippen molar-refractivity contribution < 1.29 is 0 Å². The van der Waals surface area contributed by atoms with Crippen LogP contribution in [0, 0.1) is 11.8 Å². The SMILES string of the molecule is C=C/C=C(\C)N(C)CCC(=C)C(C)C(C)CC. The van der Waals surface area contributed by atoms with Crippen molar-refractivity contribution in [2.24, 2.45) is 11.8 Å². The van der Waals surface area contributed by atoms with Crippen LogP contribution in [0.5, 0.6) is 0 Å². The molecule has 0 aliphatic rings. The number of allylic oxidation sites excluding steroid dienone is 3. The lowest BCUT2D eigenvalue weighted by atomic mass is 9.86. The number of rotatable bonds is 8. The summed E-state index contributed by atoms with van der Waals surface area (Å²) in [5, 5.41) is 0. The van der Waals surface area contributed by atoms with Crippen molar-refractivity contribution >= 4 is 0 Å². The van der Waals surface area contributed by atoms with Crippen molar-refractivity contribution in [1.82, 2.24) is 4.90 Å². The Bertz CT molecular complexity index is 275. The second-order valence-corrected chi connectivity index (χ2v) is 5.05. The van der Waals surface area contributed by atoms with Gasteiger partial charge in [-0.05, 0) is 31.3 Å². The molecule has 0 aromatic carbocycles. The number of hydrogen-bond acceptors (Lipinski definition) is 1. The molecule has 1 heteroatoms. The molecule has 0 aliphatic carbocycles. The Kier molecular flexibility index (Phi) is 7.69. The lowest BCUT2D eigenvalue weighted by Crippen LogP contribution is -2.19. The van der Waals surface area contributed by atoms with Gasteiger partial charge in [0.05, 0.1) is 0 Å². The first-order valence-corrected chi connectivity index (χ1v) is 6.62. The second-order valence-electron chi connectivity index (χ2n) is 5.05. The first-order chi connectivity index (χ1) is 7.93. The molecular formula is C16H29N. The number of nitrogens with zero attached hydrogens (tertiary/aromatic N) is 1. The Morgan fingerprint density at radius 2 is 1.94 bits per heavy atom. The summed E-state index contributed by atoms with van der Waals surface area (Å²) in [6.07, 6.45) is 6.18. The Balaban J connectivity index is 4.16. The average Bonchev–Trinajstić information content (AvgIpc) is 2.33. The summed E-state index contributed by atoms with van der Waals surface area (Å²) in [5.74, 6) is 1.36. The van der Waals surface area contributed by atoms with E-state index in [9.17, 15) is 0 Å². The van der Waals surface area contributed by atoms with Crippen LogP contribution in [-0.4, -0.2) is 18.5 Å².